The first-order valence-corrected chi connectivity index (χ1v) is 4.22. The van der Waals surface area contributed by atoms with Gasteiger partial charge in [0.25, 0.3) is 0 Å². The summed E-state index contributed by atoms with van der Waals surface area (Å²) in [6.45, 7) is -0.154. The van der Waals surface area contributed by atoms with Crippen LogP contribution in [0.2, 0.25) is 0 Å². The molecule has 0 fully saturated rings. The van der Waals surface area contributed by atoms with Crippen LogP contribution >= 0.6 is 0 Å². The molecule has 14 heavy (non-hydrogen) atoms. The number of aromatic nitrogens is 1. The van der Waals surface area contributed by atoms with Gasteiger partial charge in [0.1, 0.15) is 5.69 Å². The Balaban J connectivity index is 3.02. The first-order valence-electron chi connectivity index (χ1n) is 4.22. The maximum Gasteiger partial charge on any atom is 0.354 e. The van der Waals surface area contributed by atoms with E-state index in [2.05, 4.69) is 4.74 Å². The van der Waals surface area contributed by atoms with E-state index in [1.807, 2.05) is 0 Å². The topological polar surface area (TPSA) is 77.5 Å². The summed E-state index contributed by atoms with van der Waals surface area (Å²) in [6, 6.07) is 2.85. The molecule has 0 spiro atoms. The molecule has 1 aromatic rings. The third kappa shape index (κ3) is 1.78. The Morgan fingerprint density at radius 2 is 2.36 bits per heavy atom. The molecule has 0 bridgehead atoms. The molecule has 1 heterocycles. The zero-order valence-electron chi connectivity index (χ0n) is 8.23. The van der Waals surface area contributed by atoms with E-state index in [0.717, 1.165) is 0 Å². The van der Waals surface area contributed by atoms with Crippen LogP contribution in [0.25, 0.3) is 0 Å². The summed E-state index contributed by atoms with van der Waals surface area (Å²) in [6.07, 6.45) is 0. The van der Waals surface area contributed by atoms with Crippen LogP contribution in [-0.2, 0) is 11.8 Å². The zero-order chi connectivity index (χ0) is 10.7. The smallest absolute Gasteiger partial charge is 0.354 e. The van der Waals surface area contributed by atoms with Crippen molar-refractivity contribution >= 4 is 5.97 Å². The number of hydrogen-bond donors (Lipinski definition) is 2. The van der Waals surface area contributed by atoms with Crippen molar-refractivity contribution in [3.8, 4) is 0 Å². The SMILES string of the molecule is COC(=O)c1ccc([C@@H](N)CO)n1C. The summed E-state index contributed by atoms with van der Waals surface area (Å²) in [7, 11) is 3.03. The first kappa shape index (κ1) is 10.7. The fraction of sp³-hybridized carbons (Fsp3) is 0.444. The van der Waals surface area contributed by atoms with Crippen molar-refractivity contribution in [1.82, 2.24) is 4.57 Å². The highest BCUT2D eigenvalue weighted by Crippen LogP contribution is 2.14. The van der Waals surface area contributed by atoms with E-state index in [1.54, 1.807) is 23.7 Å². The average Bonchev–Trinajstić information content (AvgIpc) is 2.58. The van der Waals surface area contributed by atoms with E-state index in [0.29, 0.717) is 11.4 Å². The number of nitrogens with two attached hydrogens (primary N) is 1. The van der Waals surface area contributed by atoms with Crippen molar-refractivity contribution in [2.75, 3.05) is 13.7 Å². The van der Waals surface area contributed by atoms with Crippen molar-refractivity contribution < 1.29 is 14.6 Å². The lowest BCUT2D eigenvalue weighted by molar-refractivity contribution is 0.0589. The molecule has 0 radical (unpaired) electrons. The van der Waals surface area contributed by atoms with Gasteiger partial charge in [-0.25, -0.2) is 4.79 Å². The maximum atomic E-state index is 11.2. The Kier molecular flexibility index (Phi) is 3.27. The van der Waals surface area contributed by atoms with Gasteiger partial charge >= 0.3 is 5.97 Å². The zero-order valence-corrected chi connectivity index (χ0v) is 8.23. The van der Waals surface area contributed by atoms with Crippen LogP contribution in [0, 0.1) is 0 Å². The molecule has 5 heteroatoms. The molecule has 0 aliphatic rings. The van der Waals surface area contributed by atoms with Gasteiger partial charge < -0.3 is 20.1 Å². The molecule has 0 aliphatic heterocycles. The number of methoxy groups -OCH3 is 1. The Morgan fingerprint density at radius 3 is 2.86 bits per heavy atom. The highest BCUT2D eigenvalue weighted by atomic mass is 16.5. The molecule has 78 valence electrons. The van der Waals surface area contributed by atoms with Gasteiger partial charge in [0, 0.05) is 12.7 Å². The van der Waals surface area contributed by atoms with Gasteiger partial charge in [-0.05, 0) is 12.1 Å². The predicted octanol–water partition coefficient (Wildman–Crippen LogP) is -0.196. The van der Waals surface area contributed by atoms with Crippen molar-refractivity contribution in [2.24, 2.45) is 12.8 Å². The second kappa shape index (κ2) is 4.26. The maximum absolute atomic E-state index is 11.2. The predicted molar refractivity (Wildman–Crippen MR) is 50.8 cm³/mol. The summed E-state index contributed by atoms with van der Waals surface area (Å²) in [5.41, 5.74) is 6.75. The van der Waals surface area contributed by atoms with E-state index in [4.69, 9.17) is 10.8 Å². The van der Waals surface area contributed by atoms with Crippen LogP contribution in [0.4, 0.5) is 0 Å². The van der Waals surface area contributed by atoms with Gasteiger partial charge in [-0.3, -0.25) is 0 Å². The highest BCUT2D eigenvalue weighted by Gasteiger charge is 2.15. The molecule has 0 saturated heterocycles. The molecule has 0 aliphatic carbocycles. The van der Waals surface area contributed by atoms with Crippen LogP contribution in [-0.4, -0.2) is 29.4 Å². The summed E-state index contributed by atoms with van der Waals surface area (Å²) in [5.74, 6) is -0.413. The van der Waals surface area contributed by atoms with Crippen molar-refractivity contribution in [3.05, 3.63) is 23.5 Å². The van der Waals surface area contributed by atoms with Gasteiger partial charge in [0.15, 0.2) is 0 Å². The lowest BCUT2D eigenvalue weighted by Gasteiger charge is -2.10. The Hall–Kier alpha value is -1.33. The standard InChI is InChI=1S/C9H14N2O3/c1-11-7(6(10)5-12)3-4-8(11)9(13)14-2/h3-4,6,12H,5,10H2,1-2H3/t6-/m0/s1. The van der Waals surface area contributed by atoms with Crippen LogP contribution in [0.3, 0.4) is 0 Å². The van der Waals surface area contributed by atoms with Gasteiger partial charge in [-0.1, -0.05) is 0 Å². The lowest BCUT2D eigenvalue weighted by atomic mass is 10.2. The minimum Gasteiger partial charge on any atom is -0.464 e. The number of aliphatic hydroxyl groups excluding tert-OH is 1. The minimum absolute atomic E-state index is 0.154. The van der Waals surface area contributed by atoms with E-state index >= 15 is 0 Å². The summed E-state index contributed by atoms with van der Waals surface area (Å²) in [5, 5.41) is 8.86. The number of hydrogen-bond acceptors (Lipinski definition) is 4. The molecular formula is C9H14N2O3. The Morgan fingerprint density at radius 1 is 1.71 bits per heavy atom. The number of rotatable bonds is 3. The van der Waals surface area contributed by atoms with Crippen LogP contribution in [0.15, 0.2) is 12.1 Å². The summed E-state index contributed by atoms with van der Waals surface area (Å²) >= 11 is 0. The minimum atomic E-state index is -0.474. The fourth-order valence-electron chi connectivity index (χ4n) is 1.30. The van der Waals surface area contributed by atoms with Crippen LogP contribution in [0.5, 0.6) is 0 Å². The number of carbonyl (C=O) groups excluding carboxylic acids is 1. The molecule has 1 rings (SSSR count). The molecule has 3 N–H and O–H groups in total. The lowest BCUT2D eigenvalue weighted by Crippen LogP contribution is -2.19. The molecule has 1 atom stereocenters. The molecule has 0 unspecified atom stereocenters. The molecule has 1 aromatic heterocycles. The van der Waals surface area contributed by atoms with Crippen LogP contribution in [0.1, 0.15) is 22.2 Å². The van der Waals surface area contributed by atoms with Gasteiger partial charge in [-0.15, -0.1) is 0 Å². The fourth-order valence-corrected chi connectivity index (χ4v) is 1.30. The van der Waals surface area contributed by atoms with E-state index in [-0.39, 0.29) is 6.61 Å². The van der Waals surface area contributed by atoms with Crippen molar-refractivity contribution in [2.45, 2.75) is 6.04 Å². The van der Waals surface area contributed by atoms with E-state index < -0.39 is 12.0 Å². The number of nitrogens with zero attached hydrogens (tertiary/aromatic N) is 1. The first-order chi connectivity index (χ1) is 6.61. The second-order valence-corrected chi connectivity index (χ2v) is 2.98. The van der Waals surface area contributed by atoms with Crippen LogP contribution < -0.4 is 5.73 Å². The van der Waals surface area contributed by atoms with E-state index in [9.17, 15) is 4.79 Å². The van der Waals surface area contributed by atoms with Gasteiger partial charge in [-0.2, -0.15) is 0 Å². The van der Waals surface area contributed by atoms with E-state index in [1.165, 1.54) is 7.11 Å². The third-order valence-electron chi connectivity index (χ3n) is 2.13. The van der Waals surface area contributed by atoms with Gasteiger partial charge in [0.05, 0.1) is 19.8 Å². The Labute approximate surface area is 82.1 Å². The monoisotopic (exact) mass is 198 g/mol. The summed E-state index contributed by atoms with van der Waals surface area (Å²) < 4.78 is 6.20. The third-order valence-corrected chi connectivity index (χ3v) is 2.13. The molecule has 0 amide bonds. The molecule has 0 saturated carbocycles. The van der Waals surface area contributed by atoms with Gasteiger partial charge in [0.2, 0.25) is 0 Å². The number of ether oxygens (including phenoxy) is 1. The molecule has 0 aromatic carbocycles. The average molecular weight is 198 g/mol. The number of aliphatic hydroxyl groups is 1. The highest BCUT2D eigenvalue weighted by molar-refractivity contribution is 5.87. The number of esters is 1. The molecular weight excluding hydrogens is 184 g/mol. The van der Waals surface area contributed by atoms with Crippen molar-refractivity contribution in [3.63, 3.8) is 0 Å². The second-order valence-electron chi connectivity index (χ2n) is 2.98. The summed E-state index contributed by atoms with van der Waals surface area (Å²) in [4.78, 5) is 11.2. The quantitative estimate of drug-likeness (QED) is 0.659. The Bertz CT molecular complexity index is 333. The van der Waals surface area contributed by atoms with Crippen molar-refractivity contribution in [1.29, 1.82) is 0 Å². The number of carbonyl (C=O) groups is 1. The molecule has 5 nitrogen and oxygen atoms in total. The largest absolute Gasteiger partial charge is 0.464 e. The normalized spacial score (nSPS) is 12.6.